The van der Waals surface area contributed by atoms with Crippen molar-refractivity contribution >= 4 is 17.6 Å². The van der Waals surface area contributed by atoms with Crippen LogP contribution < -0.4 is 5.32 Å². The lowest BCUT2D eigenvalue weighted by molar-refractivity contribution is -0.384. The van der Waals surface area contributed by atoms with Crippen molar-refractivity contribution in [1.29, 1.82) is 0 Å². The Morgan fingerprint density at radius 2 is 1.71 bits per heavy atom. The largest absolute Gasteiger partial charge is 0.465 e. The number of hydrogen-bond acceptors (Lipinski definition) is 8. The van der Waals surface area contributed by atoms with Crippen molar-refractivity contribution in [2.45, 2.75) is 6.04 Å². The number of halogens is 1. The fourth-order valence-corrected chi connectivity index (χ4v) is 3.33. The van der Waals surface area contributed by atoms with Gasteiger partial charge in [0.15, 0.2) is 0 Å². The highest BCUT2D eigenvalue weighted by Crippen LogP contribution is 2.27. The maximum atomic E-state index is 14.7. The van der Waals surface area contributed by atoms with Crippen LogP contribution in [0.3, 0.4) is 0 Å². The van der Waals surface area contributed by atoms with Crippen molar-refractivity contribution in [1.82, 2.24) is 15.5 Å². The smallest absolute Gasteiger partial charge is 0.338 e. The first-order chi connectivity index (χ1) is 16.9. The molecule has 11 heteroatoms. The molecule has 4 rings (SSSR count). The van der Waals surface area contributed by atoms with Gasteiger partial charge < -0.3 is 14.5 Å². The standard InChI is InChI=1S/C24H17FN4O6/c1-34-24(31)16-11-15(12-17(13-16)29(32)33)21(30)26-20(18-9-5-6-10-19(18)25)23-28-27-22(35-23)14-7-3-2-4-8-14/h2-13,20H,1H3,(H,26,30). The van der Waals surface area contributed by atoms with E-state index >= 15 is 0 Å². The lowest BCUT2D eigenvalue weighted by Gasteiger charge is -2.16. The highest BCUT2D eigenvalue weighted by molar-refractivity contribution is 5.99. The Balaban J connectivity index is 1.74. The quantitative estimate of drug-likeness (QED) is 0.239. The number of nitrogens with one attached hydrogen (secondary N) is 1. The molecule has 1 heterocycles. The normalized spacial score (nSPS) is 11.5. The number of carbonyl (C=O) groups excluding carboxylic acids is 2. The monoisotopic (exact) mass is 476 g/mol. The molecule has 0 saturated heterocycles. The lowest BCUT2D eigenvalue weighted by Crippen LogP contribution is -2.30. The molecule has 0 aliphatic rings. The van der Waals surface area contributed by atoms with Gasteiger partial charge in [-0.05, 0) is 24.3 Å². The number of rotatable bonds is 7. The van der Waals surface area contributed by atoms with E-state index in [0.29, 0.717) is 5.56 Å². The molecule has 10 nitrogen and oxygen atoms in total. The Morgan fingerprint density at radius 1 is 1.03 bits per heavy atom. The molecule has 4 aromatic rings. The molecule has 0 aliphatic carbocycles. The molecule has 0 saturated carbocycles. The summed E-state index contributed by atoms with van der Waals surface area (Å²) < 4.78 is 25.0. The Bertz CT molecular complexity index is 1410. The summed E-state index contributed by atoms with van der Waals surface area (Å²) >= 11 is 0. The summed E-state index contributed by atoms with van der Waals surface area (Å²) in [5.41, 5.74) is -0.263. The minimum absolute atomic E-state index is 0.0303. The van der Waals surface area contributed by atoms with Gasteiger partial charge in [0.05, 0.1) is 17.6 Å². The molecule has 1 unspecified atom stereocenters. The van der Waals surface area contributed by atoms with Crippen LogP contribution in [0.1, 0.15) is 38.2 Å². The first-order valence-electron chi connectivity index (χ1n) is 10.2. The molecule has 176 valence electrons. The summed E-state index contributed by atoms with van der Waals surface area (Å²) in [6.45, 7) is 0. The highest BCUT2D eigenvalue weighted by Gasteiger charge is 2.28. The number of amides is 1. The van der Waals surface area contributed by atoms with Gasteiger partial charge in [-0.3, -0.25) is 14.9 Å². The topological polar surface area (TPSA) is 137 Å². The van der Waals surface area contributed by atoms with E-state index in [4.69, 9.17) is 4.42 Å². The van der Waals surface area contributed by atoms with Gasteiger partial charge in [-0.1, -0.05) is 36.4 Å². The molecule has 0 bridgehead atoms. The zero-order chi connectivity index (χ0) is 24.9. The number of carbonyl (C=O) groups is 2. The van der Waals surface area contributed by atoms with Gasteiger partial charge >= 0.3 is 5.97 Å². The zero-order valence-corrected chi connectivity index (χ0v) is 18.2. The second-order valence-corrected chi connectivity index (χ2v) is 7.26. The second-order valence-electron chi connectivity index (χ2n) is 7.26. The number of nitrogens with zero attached hydrogens (tertiary/aromatic N) is 3. The van der Waals surface area contributed by atoms with Crippen molar-refractivity contribution in [3.63, 3.8) is 0 Å². The average Bonchev–Trinajstić information content (AvgIpc) is 3.37. The minimum Gasteiger partial charge on any atom is -0.465 e. The summed E-state index contributed by atoms with van der Waals surface area (Å²) in [4.78, 5) is 35.7. The third-order valence-electron chi connectivity index (χ3n) is 5.01. The number of non-ortho nitro benzene ring substituents is 1. The number of hydrogen-bond donors (Lipinski definition) is 1. The molecule has 35 heavy (non-hydrogen) atoms. The van der Waals surface area contributed by atoms with E-state index in [1.807, 2.05) is 6.07 Å². The van der Waals surface area contributed by atoms with Crippen LogP contribution in [-0.4, -0.2) is 34.1 Å². The van der Waals surface area contributed by atoms with Crippen LogP contribution in [0.5, 0.6) is 0 Å². The lowest BCUT2D eigenvalue weighted by atomic mass is 10.0. The van der Waals surface area contributed by atoms with Crippen LogP contribution in [-0.2, 0) is 4.74 Å². The maximum Gasteiger partial charge on any atom is 0.338 e. The number of ether oxygens (including phenoxy) is 1. The van der Waals surface area contributed by atoms with Gasteiger partial charge in [0.2, 0.25) is 11.8 Å². The van der Waals surface area contributed by atoms with E-state index in [1.54, 1.807) is 30.3 Å². The van der Waals surface area contributed by atoms with Crippen LogP contribution in [0, 0.1) is 15.9 Å². The molecule has 3 aromatic carbocycles. The summed E-state index contributed by atoms with van der Waals surface area (Å²) in [5.74, 6) is -2.31. The average molecular weight is 476 g/mol. The Hall–Kier alpha value is -4.93. The van der Waals surface area contributed by atoms with E-state index in [0.717, 1.165) is 25.3 Å². The summed E-state index contributed by atoms with van der Waals surface area (Å²) in [5, 5.41) is 21.9. The number of methoxy groups -OCH3 is 1. The van der Waals surface area contributed by atoms with Crippen molar-refractivity contribution in [3.05, 3.63) is 111 Å². The van der Waals surface area contributed by atoms with E-state index in [2.05, 4.69) is 20.3 Å². The summed E-state index contributed by atoms with van der Waals surface area (Å²) in [6.07, 6.45) is 0. The van der Waals surface area contributed by atoms with E-state index in [-0.39, 0.29) is 28.5 Å². The van der Waals surface area contributed by atoms with E-state index in [1.165, 1.54) is 18.2 Å². The molecule has 1 amide bonds. The third kappa shape index (κ3) is 5.03. The van der Waals surface area contributed by atoms with Gasteiger partial charge in [-0.15, -0.1) is 10.2 Å². The van der Waals surface area contributed by atoms with Crippen molar-refractivity contribution in [2.24, 2.45) is 0 Å². The number of nitro benzene ring substituents is 1. The van der Waals surface area contributed by atoms with Crippen LogP contribution in [0.25, 0.3) is 11.5 Å². The van der Waals surface area contributed by atoms with Gasteiger partial charge in [0, 0.05) is 28.8 Å². The fraction of sp³-hybridized carbons (Fsp3) is 0.0833. The Labute approximate surface area is 197 Å². The molecule has 0 radical (unpaired) electrons. The van der Waals surface area contributed by atoms with E-state index in [9.17, 15) is 24.1 Å². The number of esters is 1. The SMILES string of the molecule is COC(=O)c1cc(C(=O)NC(c2nnc(-c3ccccc3)o2)c2ccccc2F)cc([N+](=O)[O-])c1. The number of nitro groups is 1. The molecule has 1 atom stereocenters. The zero-order valence-electron chi connectivity index (χ0n) is 18.2. The third-order valence-corrected chi connectivity index (χ3v) is 5.01. The minimum atomic E-state index is -1.23. The molecule has 0 aliphatic heterocycles. The number of aromatic nitrogens is 2. The molecule has 0 spiro atoms. The van der Waals surface area contributed by atoms with Crippen molar-refractivity contribution in [2.75, 3.05) is 7.11 Å². The number of benzene rings is 3. The predicted molar refractivity (Wildman–Crippen MR) is 120 cm³/mol. The molecular weight excluding hydrogens is 459 g/mol. The van der Waals surface area contributed by atoms with Gasteiger partial charge in [0.1, 0.15) is 11.9 Å². The fourth-order valence-electron chi connectivity index (χ4n) is 3.33. The van der Waals surface area contributed by atoms with Gasteiger partial charge in [-0.2, -0.15) is 0 Å². The van der Waals surface area contributed by atoms with Crippen molar-refractivity contribution in [3.8, 4) is 11.5 Å². The summed E-state index contributed by atoms with van der Waals surface area (Å²) in [7, 11) is 1.11. The van der Waals surface area contributed by atoms with Crippen LogP contribution >= 0.6 is 0 Å². The Morgan fingerprint density at radius 3 is 2.40 bits per heavy atom. The molecule has 1 aromatic heterocycles. The van der Waals surface area contributed by atoms with E-state index < -0.39 is 34.3 Å². The van der Waals surface area contributed by atoms with Crippen molar-refractivity contribution < 1.29 is 28.1 Å². The van der Waals surface area contributed by atoms with Gasteiger partial charge in [-0.25, -0.2) is 9.18 Å². The van der Waals surface area contributed by atoms with Gasteiger partial charge in [0.25, 0.3) is 11.6 Å². The Kier molecular flexibility index (Phi) is 6.58. The predicted octanol–water partition coefficient (Wildman–Crippen LogP) is 4.09. The maximum absolute atomic E-state index is 14.7. The molecule has 0 fully saturated rings. The molecular formula is C24H17FN4O6. The van der Waals surface area contributed by atoms with Crippen LogP contribution in [0.2, 0.25) is 0 Å². The summed E-state index contributed by atoms with van der Waals surface area (Å²) in [6, 6.07) is 16.4. The van der Waals surface area contributed by atoms with Crippen LogP contribution in [0.15, 0.2) is 77.2 Å². The first-order valence-corrected chi connectivity index (χ1v) is 10.2. The molecule has 1 N–H and O–H groups in total. The first kappa shape index (κ1) is 23.2. The van der Waals surface area contributed by atoms with Crippen LogP contribution in [0.4, 0.5) is 10.1 Å². The second kappa shape index (κ2) is 9.91. The highest BCUT2D eigenvalue weighted by atomic mass is 19.1.